The third-order valence-electron chi connectivity index (χ3n) is 4.74. The first kappa shape index (κ1) is 11.9. The van der Waals surface area contributed by atoms with E-state index in [4.69, 9.17) is 10.3 Å². The van der Waals surface area contributed by atoms with E-state index in [2.05, 4.69) is 10.1 Å². The van der Waals surface area contributed by atoms with Gasteiger partial charge in [0.15, 0.2) is 5.82 Å². The summed E-state index contributed by atoms with van der Waals surface area (Å²) in [6.45, 7) is 0. The smallest absolute Gasteiger partial charge is 0.260 e. The molecule has 0 aliphatic heterocycles. The molecule has 3 unspecified atom stereocenters. The van der Waals surface area contributed by atoms with Crippen molar-refractivity contribution < 1.29 is 8.91 Å². The van der Waals surface area contributed by atoms with Crippen LogP contribution in [0.1, 0.15) is 37.4 Å². The fourth-order valence-corrected chi connectivity index (χ4v) is 3.76. The van der Waals surface area contributed by atoms with Crippen LogP contribution < -0.4 is 5.73 Å². The Hall–Kier alpha value is -1.91. The van der Waals surface area contributed by atoms with Crippen LogP contribution in [0.4, 0.5) is 10.1 Å². The van der Waals surface area contributed by atoms with Crippen molar-refractivity contribution in [2.24, 2.45) is 11.8 Å². The molecule has 0 amide bonds. The second kappa shape index (κ2) is 4.30. The third kappa shape index (κ3) is 1.80. The standard InChI is InChI=1S/C15H16FN3O/c16-13-7-10(17)3-4-11(13)15-18-14(19-20-15)12-6-8-1-2-9(12)5-8/h3-4,7-9,12H,1-2,5-6,17H2. The Morgan fingerprint density at radius 3 is 2.85 bits per heavy atom. The highest BCUT2D eigenvalue weighted by Crippen LogP contribution is 2.52. The largest absolute Gasteiger partial charge is 0.399 e. The van der Waals surface area contributed by atoms with Gasteiger partial charge in [-0.05, 0) is 49.3 Å². The van der Waals surface area contributed by atoms with Crippen molar-refractivity contribution in [1.29, 1.82) is 0 Å². The molecule has 4 nitrogen and oxygen atoms in total. The lowest BCUT2D eigenvalue weighted by Crippen LogP contribution is -2.09. The second-order valence-corrected chi connectivity index (χ2v) is 5.98. The molecule has 1 aromatic carbocycles. The van der Waals surface area contributed by atoms with Crippen molar-refractivity contribution in [1.82, 2.24) is 10.1 Å². The fraction of sp³-hybridized carbons (Fsp3) is 0.467. The molecule has 3 atom stereocenters. The van der Waals surface area contributed by atoms with Gasteiger partial charge in [-0.15, -0.1) is 0 Å². The molecule has 1 heterocycles. The van der Waals surface area contributed by atoms with E-state index >= 15 is 0 Å². The second-order valence-electron chi connectivity index (χ2n) is 5.98. The Morgan fingerprint density at radius 2 is 2.15 bits per heavy atom. The topological polar surface area (TPSA) is 64.9 Å². The van der Waals surface area contributed by atoms with Crippen LogP contribution in [0.2, 0.25) is 0 Å². The molecular formula is C15H16FN3O. The molecule has 0 radical (unpaired) electrons. The van der Waals surface area contributed by atoms with Crippen LogP contribution in [-0.2, 0) is 0 Å². The molecule has 4 rings (SSSR count). The van der Waals surface area contributed by atoms with Gasteiger partial charge in [0, 0.05) is 11.6 Å². The number of nitrogen functional groups attached to an aromatic ring is 1. The highest BCUT2D eigenvalue weighted by atomic mass is 19.1. The summed E-state index contributed by atoms with van der Waals surface area (Å²) >= 11 is 0. The molecule has 2 fully saturated rings. The van der Waals surface area contributed by atoms with Crippen molar-refractivity contribution >= 4 is 5.69 Å². The van der Waals surface area contributed by atoms with Gasteiger partial charge in [0.1, 0.15) is 5.82 Å². The summed E-state index contributed by atoms with van der Waals surface area (Å²) in [6, 6.07) is 4.50. The number of hydrogen-bond donors (Lipinski definition) is 1. The maximum Gasteiger partial charge on any atom is 0.260 e. The van der Waals surface area contributed by atoms with Gasteiger partial charge < -0.3 is 10.3 Å². The van der Waals surface area contributed by atoms with Gasteiger partial charge in [0.25, 0.3) is 5.89 Å². The minimum Gasteiger partial charge on any atom is -0.399 e. The predicted octanol–water partition coefficient (Wildman–Crippen LogP) is 3.36. The average molecular weight is 273 g/mol. The van der Waals surface area contributed by atoms with Gasteiger partial charge in [-0.1, -0.05) is 11.6 Å². The van der Waals surface area contributed by atoms with E-state index in [1.165, 1.54) is 25.3 Å². The number of hydrogen-bond acceptors (Lipinski definition) is 4. The minimum absolute atomic E-state index is 0.250. The number of anilines is 1. The first-order chi connectivity index (χ1) is 9.70. The Morgan fingerprint density at radius 1 is 1.25 bits per heavy atom. The lowest BCUT2D eigenvalue weighted by molar-refractivity contribution is 0.372. The molecule has 0 spiro atoms. The number of benzene rings is 1. The number of nitrogens with two attached hydrogens (primary N) is 1. The van der Waals surface area contributed by atoms with Gasteiger partial charge in [-0.2, -0.15) is 4.98 Å². The zero-order chi connectivity index (χ0) is 13.7. The summed E-state index contributed by atoms with van der Waals surface area (Å²) < 4.78 is 19.1. The quantitative estimate of drug-likeness (QED) is 0.852. The van der Waals surface area contributed by atoms with Crippen molar-refractivity contribution in [2.45, 2.75) is 31.6 Å². The normalized spacial score (nSPS) is 28.1. The molecule has 2 N–H and O–H groups in total. The SMILES string of the molecule is Nc1ccc(-c2nc(C3CC4CCC3C4)no2)c(F)c1. The molecule has 2 saturated carbocycles. The Labute approximate surface area is 116 Å². The summed E-state index contributed by atoms with van der Waals surface area (Å²) in [4.78, 5) is 4.41. The molecule has 20 heavy (non-hydrogen) atoms. The van der Waals surface area contributed by atoms with Gasteiger partial charge in [0.2, 0.25) is 0 Å². The lowest BCUT2D eigenvalue weighted by atomic mass is 9.88. The van der Waals surface area contributed by atoms with E-state index in [1.807, 2.05) is 0 Å². The lowest BCUT2D eigenvalue weighted by Gasteiger charge is -2.17. The monoisotopic (exact) mass is 273 g/mol. The van der Waals surface area contributed by atoms with Crippen molar-refractivity contribution in [3.63, 3.8) is 0 Å². The van der Waals surface area contributed by atoms with Crippen LogP contribution in [-0.4, -0.2) is 10.1 Å². The van der Waals surface area contributed by atoms with Gasteiger partial charge >= 0.3 is 0 Å². The van der Waals surface area contributed by atoms with E-state index in [1.54, 1.807) is 12.1 Å². The first-order valence-electron chi connectivity index (χ1n) is 7.09. The minimum atomic E-state index is -0.423. The Kier molecular flexibility index (Phi) is 2.55. The van der Waals surface area contributed by atoms with Crippen molar-refractivity contribution in [3.05, 3.63) is 29.8 Å². The zero-order valence-electron chi connectivity index (χ0n) is 11.1. The zero-order valence-corrected chi connectivity index (χ0v) is 11.1. The highest BCUT2D eigenvalue weighted by molar-refractivity contribution is 5.58. The van der Waals surface area contributed by atoms with Crippen LogP contribution in [0.25, 0.3) is 11.5 Å². The number of nitrogens with zero attached hydrogens (tertiary/aromatic N) is 2. The number of halogens is 1. The number of aromatic nitrogens is 2. The molecule has 104 valence electrons. The van der Waals surface area contributed by atoms with Crippen molar-refractivity contribution in [2.75, 3.05) is 5.73 Å². The van der Waals surface area contributed by atoms with E-state index in [0.29, 0.717) is 23.1 Å². The van der Waals surface area contributed by atoms with Crippen LogP contribution >= 0.6 is 0 Å². The van der Waals surface area contributed by atoms with E-state index in [-0.39, 0.29) is 5.89 Å². The molecule has 2 bridgehead atoms. The van der Waals surface area contributed by atoms with Gasteiger partial charge in [-0.3, -0.25) is 0 Å². The van der Waals surface area contributed by atoms with E-state index in [0.717, 1.165) is 18.2 Å². The van der Waals surface area contributed by atoms with Crippen LogP contribution in [0, 0.1) is 17.7 Å². The summed E-state index contributed by atoms with van der Waals surface area (Å²) in [5, 5.41) is 4.07. The molecule has 2 aromatic rings. The maximum absolute atomic E-state index is 13.9. The van der Waals surface area contributed by atoms with Crippen LogP contribution in [0.5, 0.6) is 0 Å². The van der Waals surface area contributed by atoms with E-state index < -0.39 is 5.82 Å². The predicted molar refractivity (Wildman–Crippen MR) is 72.3 cm³/mol. The fourth-order valence-electron chi connectivity index (χ4n) is 3.76. The van der Waals surface area contributed by atoms with Crippen LogP contribution in [0.3, 0.4) is 0 Å². The average Bonchev–Trinajstić information content (AvgIpc) is 3.14. The summed E-state index contributed by atoms with van der Waals surface area (Å²) in [7, 11) is 0. The summed E-state index contributed by atoms with van der Waals surface area (Å²) in [5.41, 5.74) is 6.25. The molecule has 2 aliphatic carbocycles. The summed E-state index contributed by atoms with van der Waals surface area (Å²) in [5.74, 6) is 2.46. The molecule has 5 heteroatoms. The van der Waals surface area contributed by atoms with Crippen LogP contribution in [0.15, 0.2) is 22.7 Å². The maximum atomic E-state index is 13.9. The molecule has 2 aliphatic rings. The first-order valence-corrected chi connectivity index (χ1v) is 7.09. The van der Waals surface area contributed by atoms with E-state index in [9.17, 15) is 4.39 Å². The number of rotatable bonds is 2. The van der Waals surface area contributed by atoms with Gasteiger partial charge in [0.05, 0.1) is 5.56 Å². The number of fused-ring (bicyclic) bond motifs is 2. The third-order valence-corrected chi connectivity index (χ3v) is 4.74. The summed E-state index contributed by atoms with van der Waals surface area (Å²) in [6.07, 6.45) is 5.02. The highest BCUT2D eigenvalue weighted by Gasteiger charge is 2.42. The molecule has 1 aromatic heterocycles. The molecular weight excluding hydrogens is 257 g/mol. The molecule has 0 saturated heterocycles. The Bertz CT molecular complexity index is 654. The van der Waals surface area contributed by atoms with Gasteiger partial charge in [-0.25, -0.2) is 4.39 Å². The Balaban J connectivity index is 1.65. The van der Waals surface area contributed by atoms with Crippen molar-refractivity contribution in [3.8, 4) is 11.5 Å².